The van der Waals surface area contributed by atoms with Gasteiger partial charge in [0.15, 0.2) is 5.69 Å². The van der Waals surface area contributed by atoms with E-state index in [0.717, 1.165) is 0 Å². The van der Waals surface area contributed by atoms with Crippen LogP contribution in [0.25, 0.3) is 10.9 Å². The lowest BCUT2D eigenvalue weighted by molar-refractivity contribution is 0.0594. The zero-order valence-electron chi connectivity index (χ0n) is 10.7. The Morgan fingerprint density at radius 1 is 1.16 bits per heavy atom. The van der Waals surface area contributed by atoms with E-state index in [2.05, 4.69) is 9.72 Å². The standard InChI is InChI=1S/C13H12ClNO4/c1-17-7-4-9-12(11(5-7)18-2)8(14)6-10(15-9)13(16)19-3/h4-6H,1-3H3. The van der Waals surface area contributed by atoms with Gasteiger partial charge in [0.2, 0.25) is 0 Å². The van der Waals surface area contributed by atoms with Crippen LogP contribution in [0.2, 0.25) is 5.02 Å². The number of aromatic nitrogens is 1. The van der Waals surface area contributed by atoms with E-state index in [1.807, 2.05) is 0 Å². The minimum absolute atomic E-state index is 0.135. The van der Waals surface area contributed by atoms with Crippen LogP contribution >= 0.6 is 11.6 Å². The van der Waals surface area contributed by atoms with Crippen LogP contribution in [0.4, 0.5) is 0 Å². The van der Waals surface area contributed by atoms with Gasteiger partial charge in [0.25, 0.3) is 0 Å². The molecule has 0 unspecified atom stereocenters. The van der Waals surface area contributed by atoms with E-state index in [0.29, 0.717) is 27.4 Å². The first kappa shape index (κ1) is 13.4. The second-order valence-electron chi connectivity index (χ2n) is 3.70. The number of ether oxygens (including phenoxy) is 3. The van der Waals surface area contributed by atoms with Crippen LogP contribution in [0.3, 0.4) is 0 Å². The molecule has 0 aliphatic heterocycles. The SMILES string of the molecule is COC(=O)c1cc(Cl)c2c(OC)cc(OC)cc2n1. The van der Waals surface area contributed by atoms with Crippen LogP contribution in [0.1, 0.15) is 10.5 Å². The fourth-order valence-electron chi connectivity index (χ4n) is 1.75. The minimum Gasteiger partial charge on any atom is -0.497 e. The molecule has 0 amide bonds. The molecule has 0 saturated heterocycles. The summed E-state index contributed by atoms with van der Waals surface area (Å²) in [5.41, 5.74) is 0.638. The predicted molar refractivity (Wildman–Crippen MR) is 71.2 cm³/mol. The van der Waals surface area contributed by atoms with Crippen molar-refractivity contribution in [3.05, 3.63) is 28.9 Å². The maximum Gasteiger partial charge on any atom is 0.356 e. The molecule has 0 aliphatic carbocycles. The lowest BCUT2D eigenvalue weighted by Gasteiger charge is -2.10. The van der Waals surface area contributed by atoms with Gasteiger partial charge in [-0.3, -0.25) is 0 Å². The van der Waals surface area contributed by atoms with E-state index in [1.54, 1.807) is 12.1 Å². The normalized spacial score (nSPS) is 10.3. The molecule has 1 aromatic carbocycles. The summed E-state index contributed by atoms with van der Waals surface area (Å²) in [6.07, 6.45) is 0. The molecule has 0 atom stereocenters. The van der Waals surface area contributed by atoms with Crippen LogP contribution in [-0.2, 0) is 4.74 Å². The fourth-order valence-corrected chi connectivity index (χ4v) is 2.04. The first-order chi connectivity index (χ1) is 9.10. The molecule has 19 heavy (non-hydrogen) atoms. The van der Waals surface area contributed by atoms with Crippen molar-refractivity contribution >= 4 is 28.5 Å². The monoisotopic (exact) mass is 281 g/mol. The third-order valence-corrected chi connectivity index (χ3v) is 2.95. The van der Waals surface area contributed by atoms with Crippen molar-refractivity contribution in [2.24, 2.45) is 0 Å². The van der Waals surface area contributed by atoms with Crippen molar-refractivity contribution in [2.75, 3.05) is 21.3 Å². The van der Waals surface area contributed by atoms with Crippen LogP contribution in [-0.4, -0.2) is 32.3 Å². The van der Waals surface area contributed by atoms with Crippen LogP contribution in [0.5, 0.6) is 11.5 Å². The third kappa shape index (κ3) is 2.42. The van der Waals surface area contributed by atoms with Gasteiger partial charge in [-0.25, -0.2) is 9.78 Å². The molecule has 1 heterocycles. The smallest absolute Gasteiger partial charge is 0.356 e. The molecule has 0 bridgehead atoms. The van der Waals surface area contributed by atoms with Crippen LogP contribution in [0, 0.1) is 0 Å². The van der Waals surface area contributed by atoms with Gasteiger partial charge in [-0.05, 0) is 6.07 Å². The number of nitrogens with zero attached hydrogens (tertiary/aromatic N) is 1. The summed E-state index contributed by atoms with van der Waals surface area (Å²) < 4.78 is 15.0. The predicted octanol–water partition coefficient (Wildman–Crippen LogP) is 2.69. The Bertz CT molecular complexity index is 642. The molecule has 0 saturated carbocycles. The quantitative estimate of drug-likeness (QED) is 0.810. The molecule has 0 spiro atoms. The summed E-state index contributed by atoms with van der Waals surface area (Å²) in [4.78, 5) is 15.7. The van der Waals surface area contributed by atoms with Gasteiger partial charge in [-0.15, -0.1) is 0 Å². The van der Waals surface area contributed by atoms with Gasteiger partial charge in [-0.1, -0.05) is 11.6 Å². The Kier molecular flexibility index (Phi) is 3.76. The van der Waals surface area contributed by atoms with Crippen molar-refractivity contribution in [1.29, 1.82) is 0 Å². The third-order valence-electron chi connectivity index (χ3n) is 2.65. The number of hydrogen-bond donors (Lipinski definition) is 0. The van der Waals surface area contributed by atoms with Crippen molar-refractivity contribution < 1.29 is 19.0 Å². The molecule has 0 fully saturated rings. The van der Waals surface area contributed by atoms with E-state index in [4.69, 9.17) is 21.1 Å². The maximum atomic E-state index is 11.5. The van der Waals surface area contributed by atoms with Crippen molar-refractivity contribution in [3.63, 3.8) is 0 Å². The zero-order valence-corrected chi connectivity index (χ0v) is 11.4. The van der Waals surface area contributed by atoms with E-state index >= 15 is 0 Å². The number of benzene rings is 1. The van der Waals surface area contributed by atoms with Crippen molar-refractivity contribution in [1.82, 2.24) is 4.98 Å². The number of esters is 1. The zero-order chi connectivity index (χ0) is 14.0. The second kappa shape index (κ2) is 5.32. The highest BCUT2D eigenvalue weighted by Crippen LogP contribution is 2.35. The number of halogens is 1. The van der Waals surface area contributed by atoms with E-state index in [1.165, 1.54) is 27.4 Å². The second-order valence-corrected chi connectivity index (χ2v) is 4.11. The molecule has 6 heteroatoms. The van der Waals surface area contributed by atoms with Gasteiger partial charge in [-0.2, -0.15) is 0 Å². The number of carbonyl (C=O) groups excluding carboxylic acids is 1. The first-order valence-corrected chi connectivity index (χ1v) is 5.79. The summed E-state index contributed by atoms with van der Waals surface area (Å²) in [6.45, 7) is 0. The maximum absolute atomic E-state index is 11.5. The van der Waals surface area contributed by atoms with Crippen LogP contribution < -0.4 is 9.47 Å². The molecular formula is C13H12ClNO4. The molecule has 2 rings (SSSR count). The van der Waals surface area contributed by atoms with E-state index in [9.17, 15) is 4.79 Å². The molecule has 1 aromatic heterocycles. The number of methoxy groups -OCH3 is 3. The highest BCUT2D eigenvalue weighted by Gasteiger charge is 2.15. The molecule has 2 aromatic rings. The van der Waals surface area contributed by atoms with Gasteiger partial charge < -0.3 is 14.2 Å². The average molecular weight is 282 g/mol. The highest BCUT2D eigenvalue weighted by atomic mass is 35.5. The van der Waals surface area contributed by atoms with Crippen LogP contribution in [0.15, 0.2) is 18.2 Å². The molecule has 100 valence electrons. The summed E-state index contributed by atoms with van der Waals surface area (Å²) in [5, 5.41) is 0.988. The molecule has 5 nitrogen and oxygen atoms in total. The molecule has 0 aliphatic rings. The van der Waals surface area contributed by atoms with Crippen molar-refractivity contribution in [3.8, 4) is 11.5 Å². The lowest BCUT2D eigenvalue weighted by Crippen LogP contribution is -2.04. The average Bonchev–Trinajstić information content (AvgIpc) is 2.44. The fraction of sp³-hybridized carbons (Fsp3) is 0.231. The first-order valence-electron chi connectivity index (χ1n) is 5.41. The molecule has 0 radical (unpaired) electrons. The Morgan fingerprint density at radius 2 is 1.89 bits per heavy atom. The molecular weight excluding hydrogens is 270 g/mol. The van der Waals surface area contributed by atoms with Crippen molar-refractivity contribution in [2.45, 2.75) is 0 Å². The summed E-state index contributed by atoms with van der Waals surface area (Å²) in [6, 6.07) is 4.83. The molecule has 0 N–H and O–H groups in total. The minimum atomic E-state index is -0.550. The lowest BCUT2D eigenvalue weighted by atomic mass is 10.1. The van der Waals surface area contributed by atoms with Gasteiger partial charge in [0, 0.05) is 12.1 Å². The van der Waals surface area contributed by atoms with E-state index in [-0.39, 0.29) is 5.69 Å². The Labute approximate surface area is 115 Å². The Morgan fingerprint density at radius 3 is 2.47 bits per heavy atom. The number of fused-ring (bicyclic) bond motifs is 1. The van der Waals surface area contributed by atoms with Gasteiger partial charge in [0.1, 0.15) is 11.5 Å². The number of pyridine rings is 1. The largest absolute Gasteiger partial charge is 0.497 e. The number of hydrogen-bond acceptors (Lipinski definition) is 5. The van der Waals surface area contributed by atoms with Gasteiger partial charge in [0.05, 0.1) is 37.3 Å². The Hall–Kier alpha value is -2.01. The van der Waals surface area contributed by atoms with Gasteiger partial charge >= 0.3 is 5.97 Å². The highest BCUT2D eigenvalue weighted by molar-refractivity contribution is 6.36. The topological polar surface area (TPSA) is 57.7 Å². The number of carbonyl (C=O) groups is 1. The summed E-state index contributed by atoms with van der Waals surface area (Å²) in [7, 11) is 4.35. The Balaban J connectivity index is 2.75. The number of rotatable bonds is 3. The van der Waals surface area contributed by atoms with E-state index < -0.39 is 5.97 Å². The summed E-state index contributed by atoms with van der Waals surface area (Å²) in [5.74, 6) is 0.545. The summed E-state index contributed by atoms with van der Waals surface area (Å²) >= 11 is 6.17.